The fraction of sp³-hybridized carbons (Fsp3) is 0.0625. The van der Waals surface area contributed by atoms with E-state index in [-0.39, 0.29) is 0 Å². The summed E-state index contributed by atoms with van der Waals surface area (Å²) in [6.07, 6.45) is 3.47. The zero-order valence-electron chi connectivity index (χ0n) is 11.8. The van der Waals surface area contributed by atoms with Gasteiger partial charge in [0.15, 0.2) is 5.82 Å². The number of pyridine rings is 1. The fourth-order valence-corrected chi connectivity index (χ4v) is 2.64. The first-order valence-electron chi connectivity index (χ1n) is 6.68. The lowest BCUT2D eigenvalue weighted by Crippen LogP contribution is -1.95. The van der Waals surface area contributed by atoms with Crippen molar-refractivity contribution in [2.24, 2.45) is 4.99 Å². The van der Waals surface area contributed by atoms with Crippen LogP contribution in [0.4, 0.5) is 5.82 Å². The molecule has 1 aromatic carbocycles. The van der Waals surface area contributed by atoms with Crippen LogP contribution in [0, 0.1) is 11.6 Å². The molecule has 0 aliphatic carbocycles. The SMILES string of the molecule is Cc1[nH]n(-c2ccccc2)c(=S)c1C=Nc1ccc(Br)cn1. The number of para-hydroxylation sites is 1. The summed E-state index contributed by atoms with van der Waals surface area (Å²) in [6.45, 7) is 1.98. The summed E-state index contributed by atoms with van der Waals surface area (Å²) in [5.41, 5.74) is 2.86. The van der Waals surface area contributed by atoms with Crippen LogP contribution in [0.15, 0.2) is 58.1 Å². The molecule has 110 valence electrons. The van der Waals surface area contributed by atoms with Crippen LogP contribution in [0.3, 0.4) is 0 Å². The van der Waals surface area contributed by atoms with Gasteiger partial charge in [0.05, 0.1) is 11.3 Å². The standard InChI is InChI=1S/C16H13BrN4S/c1-11-14(10-19-15-8-7-12(17)9-18-15)16(22)21(20-11)13-5-3-2-4-6-13/h2-10,20H,1H3. The van der Waals surface area contributed by atoms with E-state index in [9.17, 15) is 0 Å². The fourth-order valence-electron chi connectivity index (χ4n) is 2.05. The first-order valence-corrected chi connectivity index (χ1v) is 7.88. The maximum atomic E-state index is 5.54. The van der Waals surface area contributed by atoms with Gasteiger partial charge >= 0.3 is 0 Å². The first-order chi connectivity index (χ1) is 10.6. The minimum absolute atomic E-state index is 0.643. The van der Waals surface area contributed by atoms with Crippen molar-refractivity contribution in [3.8, 4) is 5.69 Å². The summed E-state index contributed by atoms with van der Waals surface area (Å²) in [6, 6.07) is 13.7. The Balaban J connectivity index is 1.97. The van der Waals surface area contributed by atoms with E-state index in [1.165, 1.54) is 0 Å². The van der Waals surface area contributed by atoms with Crippen molar-refractivity contribution in [2.45, 2.75) is 6.92 Å². The smallest absolute Gasteiger partial charge is 0.151 e. The van der Waals surface area contributed by atoms with E-state index < -0.39 is 0 Å². The van der Waals surface area contributed by atoms with E-state index in [2.05, 4.69) is 31.0 Å². The number of aromatic amines is 1. The highest BCUT2D eigenvalue weighted by molar-refractivity contribution is 9.10. The third kappa shape index (κ3) is 3.08. The van der Waals surface area contributed by atoms with Gasteiger partial charge in [-0.25, -0.2) is 14.7 Å². The molecule has 0 radical (unpaired) electrons. The van der Waals surface area contributed by atoms with Crippen LogP contribution in [-0.4, -0.2) is 21.0 Å². The molecule has 0 aliphatic heterocycles. The molecule has 0 saturated carbocycles. The molecule has 0 bridgehead atoms. The number of halogens is 1. The number of benzene rings is 1. The third-order valence-corrected chi connectivity index (χ3v) is 4.04. The number of aromatic nitrogens is 3. The molecule has 3 rings (SSSR count). The third-order valence-electron chi connectivity index (χ3n) is 3.17. The van der Waals surface area contributed by atoms with Crippen LogP contribution in [0.25, 0.3) is 5.69 Å². The van der Waals surface area contributed by atoms with E-state index in [1.807, 2.05) is 54.1 Å². The second-order valence-corrected chi connectivity index (χ2v) is 6.02. The van der Waals surface area contributed by atoms with Crippen LogP contribution >= 0.6 is 28.1 Å². The van der Waals surface area contributed by atoms with Gasteiger partial charge in [-0.3, -0.25) is 5.10 Å². The van der Waals surface area contributed by atoms with Gasteiger partial charge in [0.2, 0.25) is 0 Å². The van der Waals surface area contributed by atoms with Crippen molar-refractivity contribution in [1.29, 1.82) is 0 Å². The summed E-state index contributed by atoms with van der Waals surface area (Å²) in [5, 5.41) is 3.27. The number of aryl methyl sites for hydroxylation is 1. The predicted octanol–water partition coefficient (Wildman–Crippen LogP) is 4.75. The van der Waals surface area contributed by atoms with Gasteiger partial charge < -0.3 is 0 Å². The molecule has 2 aromatic heterocycles. The maximum Gasteiger partial charge on any atom is 0.151 e. The van der Waals surface area contributed by atoms with Crippen LogP contribution in [-0.2, 0) is 0 Å². The quantitative estimate of drug-likeness (QED) is 0.532. The van der Waals surface area contributed by atoms with Crippen LogP contribution in [0.5, 0.6) is 0 Å². The monoisotopic (exact) mass is 372 g/mol. The summed E-state index contributed by atoms with van der Waals surface area (Å²) in [7, 11) is 0. The Morgan fingerprint density at radius 3 is 2.68 bits per heavy atom. The molecule has 0 amide bonds. The topological polar surface area (TPSA) is 46.0 Å². The molecule has 6 heteroatoms. The Kier molecular flexibility index (Phi) is 4.31. The number of aliphatic imine (C=N–C) groups is 1. The molecule has 0 atom stereocenters. The van der Waals surface area contributed by atoms with Crippen molar-refractivity contribution < 1.29 is 0 Å². The second-order valence-electron chi connectivity index (χ2n) is 4.72. The van der Waals surface area contributed by atoms with Gasteiger partial charge in [-0.05, 0) is 47.1 Å². The normalized spacial score (nSPS) is 11.2. The van der Waals surface area contributed by atoms with Crippen LogP contribution in [0.1, 0.15) is 11.3 Å². The van der Waals surface area contributed by atoms with E-state index in [1.54, 1.807) is 12.4 Å². The van der Waals surface area contributed by atoms with E-state index >= 15 is 0 Å². The molecule has 0 saturated heterocycles. The Morgan fingerprint density at radius 2 is 2.00 bits per heavy atom. The van der Waals surface area contributed by atoms with Gasteiger partial charge in [0.1, 0.15) is 4.64 Å². The van der Waals surface area contributed by atoms with Crippen molar-refractivity contribution >= 4 is 40.2 Å². The molecule has 0 fully saturated rings. The summed E-state index contributed by atoms with van der Waals surface area (Å²) in [5.74, 6) is 0.643. The van der Waals surface area contributed by atoms with Crippen LogP contribution in [0.2, 0.25) is 0 Å². The van der Waals surface area contributed by atoms with Gasteiger partial charge in [0.25, 0.3) is 0 Å². The highest BCUT2D eigenvalue weighted by Crippen LogP contribution is 2.16. The molecule has 3 aromatic rings. The predicted molar refractivity (Wildman–Crippen MR) is 94.9 cm³/mol. The van der Waals surface area contributed by atoms with Crippen molar-refractivity contribution in [1.82, 2.24) is 14.8 Å². The van der Waals surface area contributed by atoms with Gasteiger partial charge in [-0.1, -0.05) is 30.4 Å². The maximum absolute atomic E-state index is 5.54. The van der Waals surface area contributed by atoms with Crippen LogP contribution < -0.4 is 0 Å². The number of nitrogens with zero attached hydrogens (tertiary/aromatic N) is 3. The molecule has 0 unspecified atom stereocenters. The Morgan fingerprint density at radius 1 is 1.23 bits per heavy atom. The van der Waals surface area contributed by atoms with Gasteiger partial charge in [-0.15, -0.1) is 0 Å². The molecule has 1 N–H and O–H groups in total. The summed E-state index contributed by atoms with van der Waals surface area (Å²) < 4.78 is 3.50. The molecular weight excluding hydrogens is 360 g/mol. The lowest BCUT2D eigenvalue weighted by Gasteiger charge is -2.01. The van der Waals surface area contributed by atoms with Crippen molar-refractivity contribution in [3.05, 3.63) is 69.0 Å². The summed E-state index contributed by atoms with van der Waals surface area (Å²) in [4.78, 5) is 8.61. The number of hydrogen-bond donors (Lipinski definition) is 1. The van der Waals surface area contributed by atoms with Gasteiger partial charge in [0, 0.05) is 22.6 Å². The molecule has 0 spiro atoms. The second kappa shape index (κ2) is 6.37. The Labute approximate surface area is 141 Å². The van der Waals surface area contributed by atoms with E-state index in [0.29, 0.717) is 10.5 Å². The largest absolute Gasteiger partial charge is 0.297 e. The lowest BCUT2D eigenvalue weighted by atomic mass is 10.3. The molecule has 2 heterocycles. The zero-order valence-corrected chi connectivity index (χ0v) is 14.2. The van der Waals surface area contributed by atoms with Gasteiger partial charge in [-0.2, -0.15) is 0 Å². The zero-order chi connectivity index (χ0) is 15.5. The average Bonchev–Trinajstić information content (AvgIpc) is 2.82. The highest BCUT2D eigenvalue weighted by Gasteiger charge is 2.07. The molecule has 22 heavy (non-hydrogen) atoms. The minimum atomic E-state index is 0.643. The van der Waals surface area contributed by atoms with E-state index in [4.69, 9.17) is 12.2 Å². The number of hydrogen-bond acceptors (Lipinski definition) is 3. The highest BCUT2D eigenvalue weighted by atomic mass is 79.9. The number of rotatable bonds is 3. The van der Waals surface area contributed by atoms with Crippen molar-refractivity contribution in [3.63, 3.8) is 0 Å². The number of H-pyrrole nitrogens is 1. The molecule has 0 aliphatic rings. The Bertz CT molecular complexity index is 863. The van der Waals surface area contributed by atoms with E-state index in [0.717, 1.165) is 21.4 Å². The molecule has 4 nitrogen and oxygen atoms in total. The van der Waals surface area contributed by atoms with Crippen molar-refractivity contribution in [2.75, 3.05) is 0 Å². The number of nitrogens with one attached hydrogen (secondary N) is 1. The summed E-state index contributed by atoms with van der Waals surface area (Å²) >= 11 is 8.90. The minimum Gasteiger partial charge on any atom is -0.297 e. The lowest BCUT2D eigenvalue weighted by molar-refractivity contribution is 0.853. The Hall–Kier alpha value is -2.05. The first kappa shape index (κ1) is 14.9. The average molecular weight is 373 g/mol. The molecular formula is C16H13BrN4S.